The lowest BCUT2D eigenvalue weighted by Gasteiger charge is -2.08. The van der Waals surface area contributed by atoms with Crippen LogP contribution >= 0.6 is 0 Å². The quantitative estimate of drug-likeness (QED) is 0.151. The zero-order valence-electron chi connectivity index (χ0n) is 20.0. The van der Waals surface area contributed by atoms with Crippen molar-refractivity contribution < 1.29 is 14.3 Å². The molecule has 0 unspecified atom stereocenters. The Bertz CT molecular complexity index is 957. The van der Waals surface area contributed by atoms with Crippen molar-refractivity contribution in [2.75, 3.05) is 6.61 Å². The molecular formula is C30H36O3. The topological polar surface area (TPSA) is 35.5 Å². The van der Waals surface area contributed by atoms with Gasteiger partial charge in [0.15, 0.2) is 0 Å². The number of unbranched alkanes of at least 4 members (excludes halogenated alkanes) is 5. The number of ether oxygens (including phenoxy) is 2. The summed E-state index contributed by atoms with van der Waals surface area (Å²) in [6.07, 6.45) is 9.52. The second-order valence-electron chi connectivity index (χ2n) is 8.50. The van der Waals surface area contributed by atoms with Gasteiger partial charge in [0.1, 0.15) is 11.5 Å². The van der Waals surface area contributed by atoms with E-state index in [-0.39, 0.29) is 5.97 Å². The van der Waals surface area contributed by atoms with Gasteiger partial charge in [-0.2, -0.15) is 0 Å². The number of carbonyl (C=O) groups excluding carboxylic acids is 1. The van der Waals surface area contributed by atoms with Crippen LogP contribution in [0.4, 0.5) is 0 Å². The number of aryl methyl sites for hydroxylation is 1. The average Bonchev–Trinajstić information content (AvgIpc) is 2.86. The summed E-state index contributed by atoms with van der Waals surface area (Å²) in [5, 5.41) is 0. The summed E-state index contributed by atoms with van der Waals surface area (Å²) in [7, 11) is 0. The Morgan fingerprint density at radius 1 is 0.636 bits per heavy atom. The summed E-state index contributed by atoms with van der Waals surface area (Å²) in [5.41, 5.74) is 3.96. The number of benzene rings is 3. The van der Waals surface area contributed by atoms with Crippen molar-refractivity contribution in [2.24, 2.45) is 0 Å². The lowest BCUT2D eigenvalue weighted by atomic mass is 10.0. The van der Waals surface area contributed by atoms with Gasteiger partial charge < -0.3 is 9.47 Å². The van der Waals surface area contributed by atoms with Crippen molar-refractivity contribution in [1.29, 1.82) is 0 Å². The van der Waals surface area contributed by atoms with Crippen LogP contribution in [0.3, 0.4) is 0 Å². The largest absolute Gasteiger partial charge is 0.494 e. The molecule has 0 saturated carbocycles. The molecule has 3 aromatic carbocycles. The summed E-state index contributed by atoms with van der Waals surface area (Å²) in [5.74, 6) is 1.13. The van der Waals surface area contributed by atoms with Crippen molar-refractivity contribution in [3.05, 3.63) is 83.9 Å². The highest BCUT2D eigenvalue weighted by atomic mass is 16.5. The fraction of sp³-hybridized carbons (Fsp3) is 0.367. The van der Waals surface area contributed by atoms with Crippen LogP contribution in [0.2, 0.25) is 0 Å². The van der Waals surface area contributed by atoms with Crippen molar-refractivity contribution in [3.8, 4) is 22.6 Å². The van der Waals surface area contributed by atoms with Crippen LogP contribution in [0.1, 0.15) is 74.7 Å². The molecule has 0 amide bonds. The van der Waals surface area contributed by atoms with Crippen molar-refractivity contribution in [3.63, 3.8) is 0 Å². The van der Waals surface area contributed by atoms with E-state index in [1.165, 1.54) is 44.1 Å². The predicted molar refractivity (Wildman–Crippen MR) is 136 cm³/mol. The molecule has 174 valence electrons. The fourth-order valence-corrected chi connectivity index (χ4v) is 3.73. The third-order valence-electron chi connectivity index (χ3n) is 5.78. The van der Waals surface area contributed by atoms with Gasteiger partial charge in [0.05, 0.1) is 12.2 Å². The van der Waals surface area contributed by atoms with E-state index in [0.29, 0.717) is 11.3 Å². The Kier molecular flexibility index (Phi) is 10.0. The molecular weight excluding hydrogens is 408 g/mol. The van der Waals surface area contributed by atoms with Crippen LogP contribution in [0.25, 0.3) is 11.1 Å². The van der Waals surface area contributed by atoms with Gasteiger partial charge >= 0.3 is 5.97 Å². The van der Waals surface area contributed by atoms with E-state index in [1.807, 2.05) is 60.7 Å². The van der Waals surface area contributed by atoms with Crippen molar-refractivity contribution in [2.45, 2.75) is 65.2 Å². The molecule has 0 aromatic heterocycles. The zero-order chi connectivity index (χ0) is 23.3. The molecule has 0 aliphatic rings. The number of hydrogen-bond donors (Lipinski definition) is 0. The molecule has 3 rings (SSSR count). The Balaban J connectivity index is 1.51. The molecule has 0 atom stereocenters. The van der Waals surface area contributed by atoms with Crippen LogP contribution in [0.5, 0.6) is 11.5 Å². The molecule has 0 aliphatic carbocycles. The summed E-state index contributed by atoms with van der Waals surface area (Å²) >= 11 is 0. The van der Waals surface area contributed by atoms with Gasteiger partial charge in [-0.15, -0.1) is 0 Å². The Hall–Kier alpha value is -3.07. The summed E-state index contributed by atoms with van der Waals surface area (Å²) in [6.45, 7) is 5.18. The second kappa shape index (κ2) is 13.5. The monoisotopic (exact) mass is 444 g/mol. The molecule has 0 heterocycles. The third-order valence-corrected chi connectivity index (χ3v) is 5.78. The molecule has 33 heavy (non-hydrogen) atoms. The van der Waals surface area contributed by atoms with Gasteiger partial charge in [-0.25, -0.2) is 4.79 Å². The predicted octanol–water partition coefficient (Wildman–Crippen LogP) is 8.26. The van der Waals surface area contributed by atoms with Crippen LogP contribution in [0, 0.1) is 0 Å². The van der Waals surface area contributed by atoms with Crippen molar-refractivity contribution >= 4 is 5.97 Å². The van der Waals surface area contributed by atoms with Gasteiger partial charge in [0.2, 0.25) is 0 Å². The Morgan fingerprint density at radius 3 is 1.85 bits per heavy atom. The highest BCUT2D eigenvalue weighted by Gasteiger charge is 2.09. The fourth-order valence-electron chi connectivity index (χ4n) is 3.73. The van der Waals surface area contributed by atoms with Gasteiger partial charge in [-0.05, 0) is 72.4 Å². The number of hydrogen-bond acceptors (Lipinski definition) is 3. The number of rotatable bonds is 13. The second-order valence-corrected chi connectivity index (χ2v) is 8.50. The molecule has 3 heteroatoms. The van der Waals surface area contributed by atoms with Gasteiger partial charge in [-0.1, -0.05) is 82.3 Å². The van der Waals surface area contributed by atoms with E-state index in [2.05, 4.69) is 26.0 Å². The summed E-state index contributed by atoms with van der Waals surface area (Å²) in [4.78, 5) is 12.5. The van der Waals surface area contributed by atoms with E-state index in [1.54, 1.807) is 0 Å². The first kappa shape index (κ1) is 24.6. The molecule has 0 spiro atoms. The Labute approximate surface area is 198 Å². The first-order chi connectivity index (χ1) is 16.2. The minimum atomic E-state index is -0.341. The SMILES string of the molecule is CCCCCCOc1ccc(-c2ccc(C(=O)Oc3ccc(CCCCC)cc3)cc2)cc1. The van der Waals surface area contributed by atoms with Crippen LogP contribution in [0.15, 0.2) is 72.8 Å². The standard InChI is InChI=1S/C30H36O3/c1-3-5-7-9-23-32-28-21-17-26(18-22-28)25-13-15-27(16-14-25)30(31)33-29-19-11-24(12-20-29)10-8-6-4-2/h11-22H,3-10,23H2,1-2H3. The maximum Gasteiger partial charge on any atom is 0.343 e. The summed E-state index contributed by atoms with van der Waals surface area (Å²) < 4.78 is 11.4. The summed E-state index contributed by atoms with van der Waals surface area (Å²) in [6, 6.07) is 23.5. The third kappa shape index (κ3) is 8.09. The molecule has 3 aromatic rings. The van der Waals surface area contributed by atoms with Crippen LogP contribution < -0.4 is 9.47 Å². The van der Waals surface area contributed by atoms with E-state index < -0.39 is 0 Å². The van der Waals surface area contributed by atoms with Crippen molar-refractivity contribution in [1.82, 2.24) is 0 Å². The zero-order valence-corrected chi connectivity index (χ0v) is 20.0. The van der Waals surface area contributed by atoms with Gasteiger partial charge in [0, 0.05) is 0 Å². The lowest BCUT2D eigenvalue weighted by molar-refractivity contribution is 0.0734. The van der Waals surface area contributed by atoms with Gasteiger partial charge in [0.25, 0.3) is 0 Å². The van der Waals surface area contributed by atoms with E-state index >= 15 is 0 Å². The first-order valence-corrected chi connectivity index (χ1v) is 12.3. The van der Waals surface area contributed by atoms with E-state index in [0.717, 1.165) is 36.3 Å². The van der Waals surface area contributed by atoms with Gasteiger partial charge in [-0.3, -0.25) is 0 Å². The molecule has 3 nitrogen and oxygen atoms in total. The minimum absolute atomic E-state index is 0.341. The molecule has 0 saturated heterocycles. The molecule has 0 bridgehead atoms. The maximum absolute atomic E-state index is 12.5. The smallest absolute Gasteiger partial charge is 0.343 e. The molecule has 0 N–H and O–H groups in total. The normalized spacial score (nSPS) is 10.7. The molecule has 0 aliphatic heterocycles. The number of esters is 1. The van der Waals surface area contributed by atoms with Crippen LogP contribution in [-0.2, 0) is 6.42 Å². The maximum atomic E-state index is 12.5. The molecule has 0 fully saturated rings. The first-order valence-electron chi connectivity index (χ1n) is 12.3. The highest BCUT2D eigenvalue weighted by molar-refractivity contribution is 5.91. The minimum Gasteiger partial charge on any atom is -0.494 e. The average molecular weight is 445 g/mol. The Morgan fingerprint density at radius 2 is 1.21 bits per heavy atom. The number of carbonyl (C=O) groups is 1. The lowest BCUT2D eigenvalue weighted by Crippen LogP contribution is -2.08. The van der Waals surface area contributed by atoms with E-state index in [4.69, 9.17) is 9.47 Å². The molecule has 0 radical (unpaired) electrons. The van der Waals surface area contributed by atoms with E-state index in [9.17, 15) is 4.79 Å². The van der Waals surface area contributed by atoms with Crippen LogP contribution in [-0.4, -0.2) is 12.6 Å². The highest BCUT2D eigenvalue weighted by Crippen LogP contribution is 2.24.